The topological polar surface area (TPSA) is 54.7 Å². The predicted octanol–water partition coefficient (Wildman–Crippen LogP) is 1.88. The molecule has 0 radical (unpaired) electrons. The van der Waals surface area contributed by atoms with E-state index in [1.54, 1.807) is 0 Å². The lowest BCUT2D eigenvalue weighted by atomic mass is 10.3. The van der Waals surface area contributed by atoms with Crippen molar-refractivity contribution in [3.8, 4) is 0 Å². The Labute approximate surface area is 88.1 Å². The molecule has 4 heteroatoms. The summed E-state index contributed by atoms with van der Waals surface area (Å²) in [6.45, 7) is 0.630. The van der Waals surface area contributed by atoms with Crippen LogP contribution in [0.5, 0.6) is 0 Å². The lowest BCUT2D eigenvalue weighted by Gasteiger charge is -2.03. The number of nitrogens with two attached hydrogens (primary N) is 1. The molecule has 1 aromatic carbocycles. The molecule has 0 saturated heterocycles. The van der Waals surface area contributed by atoms with Crippen molar-refractivity contribution in [3.63, 3.8) is 0 Å². The quantitative estimate of drug-likeness (QED) is 0.673. The number of aromatic nitrogens is 2. The van der Waals surface area contributed by atoms with Gasteiger partial charge in [0.25, 0.3) is 0 Å². The summed E-state index contributed by atoms with van der Waals surface area (Å²) >= 11 is 4.44. The van der Waals surface area contributed by atoms with Crippen molar-refractivity contribution >= 4 is 23.7 Å². The van der Waals surface area contributed by atoms with Crippen LogP contribution in [0.25, 0.3) is 11.0 Å². The molecule has 14 heavy (non-hydrogen) atoms. The zero-order chi connectivity index (χ0) is 9.97. The van der Waals surface area contributed by atoms with Gasteiger partial charge in [0, 0.05) is 0 Å². The highest BCUT2D eigenvalue weighted by Crippen LogP contribution is 2.22. The summed E-state index contributed by atoms with van der Waals surface area (Å²) < 4.78 is 0. The molecule has 2 aromatic rings. The van der Waals surface area contributed by atoms with Crippen molar-refractivity contribution in [2.24, 2.45) is 5.73 Å². The third-order valence-electron chi connectivity index (χ3n) is 2.16. The van der Waals surface area contributed by atoms with Crippen molar-refractivity contribution in [2.75, 3.05) is 6.54 Å². The van der Waals surface area contributed by atoms with E-state index in [0.717, 1.165) is 23.3 Å². The maximum absolute atomic E-state index is 5.47. The molecule has 0 aliphatic carbocycles. The maximum Gasteiger partial charge on any atom is 0.120 e. The van der Waals surface area contributed by atoms with Gasteiger partial charge in [-0.1, -0.05) is 12.1 Å². The van der Waals surface area contributed by atoms with Crippen LogP contribution in [0.4, 0.5) is 0 Å². The molecular weight excluding hydrogens is 194 g/mol. The van der Waals surface area contributed by atoms with E-state index in [1.165, 1.54) is 0 Å². The van der Waals surface area contributed by atoms with Crippen LogP contribution >= 0.6 is 12.6 Å². The second kappa shape index (κ2) is 4.02. The number of para-hydroxylation sites is 2. The number of aromatic amines is 1. The Balaban J connectivity index is 2.35. The van der Waals surface area contributed by atoms with Gasteiger partial charge < -0.3 is 10.7 Å². The van der Waals surface area contributed by atoms with E-state index in [1.807, 2.05) is 24.3 Å². The molecule has 0 bridgehead atoms. The Morgan fingerprint density at radius 3 is 2.93 bits per heavy atom. The number of thiol groups is 1. The van der Waals surface area contributed by atoms with Gasteiger partial charge in [-0.3, -0.25) is 0 Å². The standard InChI is InChI=1S/C10H13N3S/c11-6-5-9(14)10-12-7-3-1-2-4-8(7)13-10/h1-4,9,14H,5-6,11H2,(H,12,13). The number of benzene rings is 1. The molecule has 1 atom stereocenters. The summed E-state index contributed by atoms with van der Waals surface area (Å²) in [7, 11) is 0. The van der Waals surface area contributed by atoms with E-state index in [0.29, 0.717) is 6.54 Å². The van der Waals surface area contributed by atoms with Gasteiger partial charge in [-0.25, -0.2) is 4.98 Å². The highest BCUT2D eigenvalue weighted by atomic mass is 32.1. The lowest BCUT2D eigenvalue weighted by Crippen LogP contribution is -2.04. The predicted molar refractivity (Wildman–Crippen MR) is 61.5 cm³/mol. The van der Waals surface area contributed by atoms with Crippen molar-refractivity contribution in [1.82, 2.24) is 9.97 Å². The number of imidazole rings is 1. The molecule has 1 unspecified atom stereocenters. The lowest BCUT2D eigenvalue weighted by molar-refractivity contribution is 0.783. The number of fused-ring (bicyclic) bond motifs is 1. The summed E-state index contributed by atoms with van der Waals surface area (Å²) in [4.78, 5) is 7.68. The molecule has 0 aliphatic rings. The molecule has 1 aromatic heterocycles. The van der Waals surface area contributed by atoms with Gasteiger partial charge >= 0.3 is 0 Å². The molecule has 0 aliphatic heterocycles. The molecule has 0 spiro atoms. The third-order valence-corrected chi connectivity index (χ3v) is 2.67. The monoisotopic (exact) mass is 207 g/mol. The van der Waals surface area contributed by atoms with E-state index in [2.05, 4.69) is 22.6 Å². The van der Waals surface area contributed by atoms with Crippen molar-refractivity contribution in [1.29, 1.82) is 0 Å². The second-order valence-corrected chi connectivity index (χ2v) is 3.86. The number of nitrogens with zero attached hydrogens (tertiary/aromatic N) is 1. The van der Waals surface area contributed by atoms with Gasteiger partial charge in [-0.2, -0.15) is 12.6 Å². The van der Waals surface area contributed by atoms with Crippen LogP contribution in [-0.2, 0) is 0 Å². The fourth-order valence-electron chi connectivity index (χ4n) is 1.42. The molecule has 1 heterocycles. The first kappa shape index (κ1) is 9.55. The van der Waals surface area contributed by atoms with Gasteiger partial charge in [0.2, 0.25) is 0 Å². The summed E-state index contributed by atoms with van der Waals surface area (Å²) in [5, 5.41) is 0.104. The van der Waals surface area contributed by atoms with Gasteiger partial charge in [-0.05, 0) is 25.1 Å². The van der Waals surface area contributed by atoms with Crippen LogP contribution in [0.15, 0.2) is 24.3 Å². The van der Waals surface area contributed by atoms with E-state index in [9.17, 15) is 0 Å². The summed E-state index contributed by atoms with van der Waals surface area (Å²) in [5.41, 5.74) is 7.51. The Hall–Kier alpha value is -1.00. The van der Waals surface area contributed by atoms with Crippen molar-refractivity contribution in [3.05, 3.63) is 30.1 Å². The summed E-state index contributed by atoms with van der Waals surface area (Å²) in [6.07, 6.45) is 0.836. The first-order valence-electron chi connectivity index (χ1n) is 4.64. The minimum absolute atomic E-state index is 0.104. The van der Waals surface area contributed by atoms with E-state index >= 15 is 0 Å². The zero-order valence-corrected chi connectivity index (χ0v) is 8.67. The first-order chi connectivity index (χ1) is 6.81. The van der Waals surface area contributed by atoms with Crippen molar-refractivity contribution < 1.29 is 0 Å². The van der Waals surface area contributed by atoms with Crippen LogP contribution in [0.3, 0.4) is 0 Å². The van der Waals surface area contributed by atoms with Gasteiger partial charge in [0.05, 0.1) is 16.3 Å². The number of hydrogen-bond donors (Lipinski definition) is 3. The number of nitrogens with one attached hydrogen (secondary N) is 1. The molecular formula is C10H13N3S. The first-order valence-corrected chi connectivity index (χ1v) is 5.15. The smallest absolute Gasteiger partial charge is 0.120 e. The van der Waals surface area contributed by atoms with Gasteiger partial charge in [0.15, 0.2) is 0 Å². The van der Waals surface area contributed by atoms with Gasteiger partial charge in [-0.15, -0.1) is 0 Å². The average Bonchev–Trinajstić information content (AvgIpc) is 2.61. The fourth-order valence-corrected chi connectivity index (χ4v) is 1.70. The van der Waals surface area contributed by atoms with Crippen LogP contribution in [0.1, 0.15) is 17.5 Å². The van der Waals surface area contributed by atoms with Crippen LogP contribution < -0.4 is 5.73 Å². The fraction of sp³-hybridized carbons (Fsp3) is 0.300. The molecule has 0 saturated carbocycles. The minimum atomic E-state index is 0.104. The number of rotatable bonds is 3. The van der Waals surface area contributed by atoms with Gasteiger partial charge in [0.1, 0.15) is 5.82 Å². The Morgan fingerprint density at radius 2 is 2.21 bits per heavy atom. The van der Waals surface area contributed by atoms with Crippen molar-refractivity contribution in [2.45, 2.75) is 11.7 Å². The Kier molecular flexibility index (Phi) is 2.74. The summed E-state index contributed by atoms with van der Waals surface area (Å²) in [6, 6.07) is 7.96. The average molecular weight is 207 g/mol. The van der Waals surface area contributed by atoms with Crippen LogP contribution in [0.2, 0.25) is 0 Å². The maximum atomic E-state index is 5.47. The molecule has 3 N–H and O–H groups in total. The molecule has 0 fully saturated rings. The Morgan fingerprint density at radius 1 is 1.43 bits per heavy atom. The summed E-state index contributed by atoms with van der Waals surface area (Å²) in [5.74, 6) is 0.903. The molecule has 0 amide bonds. The van der Waals surface area contributed by atoms with E-state index in [4.69, 9.17) is 5.73 Å². The SMILES string of the molecule is NCCC(S)c1nc2ccccc2[nH]1. The minimum Gasteiger partial charge on any atom is -0.341 e. The second-order valence-electron chi connectivity index (χ2n) is 3.23. The van der Waals surface area contributed by atoms with Crippen LogP contribution in [-0.4, -0.2) is 16.5 Å². The number of hydrogen-bond acceptors (Lipinski definition) is 3. The third kappa shape index (κ3) is 1.76. The Bertz CT molecular complexity index is 391. The molecule has 74 valence electrons. The van der Waals surface area contributed by atoms with E-state index < -0.39 is 0 Å². The van der Waals surface area contributed by atoms with Crippen LogP contribution in [0, 0.1) is 0 Å². The zero-order valence-electron chi connectivity index (χ0n) is 7.77. The highest BCUT2D eigenvalue weighted by Gasteiger charge is 2.09. The normalized spacial score (nSPS) is 13.3. The molecule has 3 nitrogen and oxygen atoms in total. The van der Waals surface area contributed by atoms with E-state index in [-0.39, 0.29) is 5.25 Å². The highest BCUT2D eigenvalue weighted by molar-refractivity contribution is 7.80. The largest absolute Gasteiger partial charge is 0.341 e. The number of H-pyrrole nitrogens is 1. The molecule has 2 rings (SSSR count).